The van der Waals surface area contributed by atoms with Crippen molar-refractivity contribution in [1.29, 1.82) is 0 Å². The average Bonchev–Trinajstić information content (AvgIpc) is 3.29. The summed E-state index contributed by atoms with van der Waals surface area (Å²) in [7, 11) is 0. The van der Waals surface area contributed by atoms with E-state index >= 15 is 0 Å². The van der Waals surface area contributed by atoms with E-state index in [1.807, 2.05) is 6.07 Å². The third kappa shape index (κ3) is 4.33. The molecule has 3 aromatic rings. The Bertz CT molecular complexity index is 1050. The molecule has 0 aliphatic carbocycles. The first-order valence-electron chi connectivity index (χ1n) is 9.60. The van der Waals surface area contributed by atoms with E-state index in [2.05, 4.69) is 49.8 Å². The maximum absolute atomic E-state index is 11.6. The van der Waals surface area contributed by atoms with Crippen LogP contribution in [0.1, 0.15) is 11.1 Å². The molecule has 0 atom stereocenters. The summed E-state index contributed by atoms with van der Waals surface area (Å²) in [6.07, 6.45) is 1.36. The van der Waals surface area contributed by atoms with Crippen molar-refractivity contribution in [3.05, 3.63) is 52.5 Å². The number of hydrogen-bond acceptors (Lipinski definition) is 5. The van der Waals surface area contributed by atoms with Crippen molar-refractivity contribution in [1.82, 2.24) is 9.27 Å². The zero-order chi connectivity index (χ0) is 19.1. The number of anilines is 2. The van der Waals surface area contributed by atoms with Gasteiger partial charge in [0.1, 0.15) is 5.82 Å². The third-order valence-corrected chi connectivity index (χ3v) is 6.79. The van der Waals surface area contributed by atoms with Crippen LogP contribution in [-0.4, -0.2) is 77.5 Å². The summed E-state index contributed by atoms with van der Waals surface area (Å²) < 4.78 is 5.94. The number of carbonyl (C=O) groups excluding carboxylic acids is 1. The van der Waals surface area contributed by atoms with Gasteiger partial charge < -0.3 is 10.2 Å². The Morgan fingerprint density at radius 3 is 2.76 bits per heavy atom. The van der Waals surface area contributed by atoms with Gasteiger partial charge in [0.05, 0.1) is 11.1 Å². The number of hydrogen-bond donors (Lipinski definition) is 1. The van der Waals surface area contributed by atoms with Crippen LogP contribution in [0.2, 0.25) is 5.02 Å². The second kappa shape index (κ2) is 8.92. The van der Waals surface area contributed by atoms with Crippen molar-refractivity contribution in [3.8, 4) is 0 Å². The van der Waals surface area contributed by atoms with Crippen LogP contribution in [0.5, 0.6) is 0 Å². The summed E-state index contributed by atoms with van der Waals surface area (Å²) in [5.74, 6) is 1.17. The number of nitrogens with one attached hydrogen (secondary N) is 1. The Balaban J connectivity index is 0.00000205. The van der Waals surface area contributed by atoms with E-state index in [9.17, 15) is 4.79 Å². The number of halogens is 1. The molecule has 0 saturated carbocycles. The van der Waals surface area contributed by atoms with Crippen molar-refractivity contribution >= 4 is 80.2 Å². The molecule has 3 heterocycles. The van der Waals surface area contributed by atoms with Gasteiger partial charge in [0.2, 0.25) is 5.91 Å². The number of carbonyl (C=O) groups is 1. The Hall–Kier alpha value is -1.15. The van der Waals surface area contributed by atoms with E-state index < -0.39 is 0 Å². The predicted octanol–water partition coefficient (Wildman–Crippen LogP) is 3.16. The second-order valence-electron chi connectivity index (χ2n) is 7.41. The molecule has 29 heavy (non-hydrogen) atoms. The normalized spacial score (nSPS) is 16.6. The molecule has 8 heteroatoms. The second-order valence-corrected chi connectivity index (χ2v) is 8.62. The van der Waals surface area contributed by atoms with Crippen LogP contribution in [0.15, 0.2) is 36.4 Å². The molecule has 1 fully saturated rings. The van der Waals surface area contributed by atoms with Crippen LogP contribution in [0.4, 0.5) is 11.5 Å². The van der Waals surface area contributed by atoms with E-state index in [0.717, 1.165) is 66.8 Å². The molecular weight excluding hydrogens is 415 g/mol. The van der Waals surface area contributed by atoms with E-state index in [4.69, 9.17) is 11.6 Å². The topological polar surface area (TPSA) is 48.5 Å². The van der Waals surface area contributed by atoms with Gasteiger partial charge in [0, 0.05) is 48.8 Å². The minimum atomic E-state index is 0. The molecule has 0 unspecified atom stereocenters. The molecule has 2 aromatic carbocycles. The van der Waals surface area contributed by atoms with Gasteiger partial charge in [-0.05, 0) is 47.3 Å². The molecule has 0 spiro atoms. The fourth-order valence-electron chi connectivity index (χ4n) is 4.05. The van der Waals surface area contributed by atoms with Gasteiger partial charge in [-0.25, -0.2) is 0 Å². The van der Waals surface area contributed by atoms with Gasteiger partial charge in [-0.3, -0.25) is 9.69 Å². The van der Waals surface area contributed by atoms with Gasteiger partial charge in [-0.1, -0.05) is 29.8 Å². The molecule has 1 N–H and O–H groups in total. The summed E-state index contributed by atoms with van der Waals surface area (Å²) in [6, 6.07) is 12.4. The average molecular weight is 437 g/mol. The molecule has 5 rings (SSSR count). The number of aromatic nitrogens is 1. The summed E-state index contributed by atoms with van der Waals surface area (Å²) in [6.45, 7) is 5.00. The van der Waals surface area contributed by atoms with Crippen molar-refractivity contribution in [2.45, 2.75) is 12.8 Å². The third-order valence-electron chi connectivity index (χ3n) is 5.62. The van der Waals surface area contributed by atoms with Gasteiger partial charge in [0.25, 0.3) is 0 Å². The first kappa shape index (κ1) is 21.1. The van der Waals surface area contributed by atoms with Crippen LogP contribution >= 0.6 is 23.1 Å². The first-order valence-corrected chi connectivity index (χ1v) is 10.8. The van der Waals surface area contributed by atoms with E-state index in [0.29, 0.717) is 6.42 Å². The molecule has 1 saturated heterocycles. The number of benzene rings is 2. The Kier molecular flexibility index (Phi) is 6.49. The summed E-state index contributed by atoms with van der Waals surface area (Å²) in [5.41, 5.74) is 3.05. The molecule has 0 bridgehead atoms. The Morgan fingerprint density at radius 1 is 1.14 bits per heavy atom. The fourth-order valence-corrected chi connectivity index (χ4v) is 5.11. The molecule has 2 aliphatic rings. The molecule has 5 nitrogen and oxygen atoms in total. The van der Waals surface area contributed by atoms with Crippen LogP contribution in [0.25, 0.3) is 10.1 Å². The predicted molar refractivity (Wildman–Crippen MR) is 123 cm³/mol. The molecule has 1 amide bonds. The SMILES string of the molecule is O=C1Cc2cc(CCN3CCN(c4nsc5ccccc45)CC3)c(Cl)cc2N1.[NaH]. The summed E-state index contributed by atoms with van der Waals surface area (Å²) in [4.78, 5) is 16.4. The number of piperazine rings is 1. The number of nitrogens with zero attached hydrogens (tertiary/aromatic N) is 3. The van der Waals surface area contributed by atoms with Crippen LogP contribution in [0.3, 0.4) is 0 Å². The number of rotatable bonds is 4. The summed E-state index contributed by atoms with van der Waals surface area (Å²) in [5, 5.41) is 4.86. The zero-order valence-electron chi connectivity index (χ0n) is 15.4. The maximum atomic E-state index is 11.6. The van der Waals surface area contributed by atoms with Crippen LogP contribution in [0, 0.1) is 0 Å². The van der Waals surface area contributed by atoms with Crippen LogP contribution in [-0.2, 0) is 17.6 Å². The quantitative estimate of drug-likeness (QED) is 0.638. The Labute approximate surface area is 201 Å². The van der Waals surface area contributed by atoms with Crippen molar-refractivity contribution < 1.29 is 4.79 Å². The molecule has 146 valence electrons. The molecule has 2 aliphatic heterocycles. The van der Waals surface area contributed by atoms with Crippen molar-refractivity contribution in [2.75, 3.05) is 42.9 Å². The van der Waals surface area contributed by atoms with Gasteiger partial charge in [0.15, 0.2) is 0 Å². The van der Waals surface area contributed by atoms with Crippen molar-refractivity contribution in [2.24, 2.45) is 0 Å². The van der Waals surface area contributed by atoms with E-state index in [-0.39, 0.29) is 35.5 Å². The van der Waals surface area contributed by atoms with Gasteiger partial charge >= 0.3 is 29.6 Å². The molecule has 1 aromatic heterocycles. The Morgan fingerprint density at radius 2 is 1.93 bits per heavy atom. The number of amides is 1. The molecular formula is C21H22ClN4NaOS. The first-order chi connectivity index (χ1) is 13.7. The van der Waals surface area contributed by atoms with Crippen molar-refractivity contribution in [3.63, 3.8) is 0 Å². The zero-order valence-corrected chi connectivity index (χ0v) is 17.0. The van der Waals surface area contributed by atoms with E-state index in [1.165, 1.54) is 10.1 Å². The molecule has 0 radical (unpaired) electrons. The van der Waals surface area contributed by atoms with E-state index in [1.54, 1.807) is 11.5 Å². The number of fused-ring (bicyclic) bond motifs is 2. The fraction of sp³-hybridized carbons (Fsp3) is 0.333. The minimum absolute atomic E-state index is 0. The standard InChI is InChI=1S/C21H21ClN4OS.Na.H/c22-17-13-18-15(12-20(27)23-18)11-14(17)5-6-25-7-9-26(10-8-25)21-16-3-1-2-4-19(16)28-24-21;;/h1-4,11,13H,5-10,12H2,(H,23,27);;. The summed E-state index contributed by atoms with van der Waals surface area (Å²) >= 11 is 8.01. The monoisotopic (exact) mass is 436 g/mol. The van der Waals surface area contributed by atoms with Gasteiger partial charge in [-0.2, -0.15) is 4.37 Å². The van der Waals surface area contributed by atoms with Crippen LogP contribution < -0.4 is 10.2 Å². The van der Waals surface area contributed by atoms with Gasteiger partial charge in [-0.15, -0.1) is 0 Å².